The van der Waals surface area contributed by atoms with Crippen molar-refractivity contribution < 1.29 is 18.3 Å². The van der Waals surface area contributed by atoms with Crippen LogP contribution < -0.4 is 5.46 Å². The molecule has 1 aromatic rings. The van der Waals surface area contributed by atoms with Crippen LogP contribution in [-0.2, 0) is 9.47 Å². The molecule has 0 atom stereocenters. The second-order valence-corrected chi connectivity index (χ2v) is 2.97. The molecule has 1 aliphatic rings. The van der Waals surface area contributed by atoms with Gasteiger partial charge in [-0.3, -0.25) is 0 Å². The smallest absolute Gasteiger partial charge is 0.184 e. The molecule has 72 valence electrons. The van der Waals surface area contributed by atoms with Crippen LogP contribution in [0.5, 0.6) is 0 Å². The summed E-state index contributed by atoms with van der Waals surface area (Å²) in [4.78, 5) is 0. The molecular formula is C9H7BF2O2. The highest BCUT2D eigenvalue weighted by atomic mass is 19.1. The van der Waals surface area contributed by atoms with Crippen LogP contribution in [-0.4, -0.2) is 21.1 Å². The molecule has 0 aliphatic carbocycles. The topological polar surface area (TPSA) is 18.5 Å². The minimum Gasteiger partial charge on any atom is -0.346 e. The van der Waals surface area contributed by atoms with E-state index in [0.29, 0.717) is 18.8 Å². The van der Waals surface area contributed by atoms with Gasteiger partial charge in [-0.15, -0.1) is 0 Å². The zero-order valence-electron chi connectivity index (χ0n) is 7.30. The van der Waals surface area contributed by atoms with Crippen LogP contribution in [0.2, 0.25) is 0 Å². The van der Waals surface area contributed by atoms with Crippen molar-refractivity contribution in [1.29, 1.82) is 0 Å². The van der Waals surface area contributed by atoms with Gasteiger partial charge in [0.1, 0.15) is 19.5 Å². The van der Waals surface area contributed by atoms with Gasteiger partial charge in [0.25, 0.3) is 0 Å². The van der Waals surface area contributed by atoms with Crippen molar-refractivity contribution in [2.45, 2.75) is 6.29 Å². The molecule has 5 heteroatoms. The van der Waals surface area contributed by atoms with Crippen LogP contribution in [0.4, 0.5) is 8.78 Å². The summed E-state index contributed by atoms with van der Waals surface area (Å²) in [6, 6.07) is 2.24. The highest BCUT2D eigenvalue weighted by Crippen LogP contribution is 2.23. The van der Waals surface area contributed by atoms with Crippen molar-refractivity contribution in [1.82, 2.24) is 0 Å². The number of benzene rings is 1. The normalized spacial score (nSPS) is 17.6. The standard InChI is InChI=1S/C9H7BF2O2/c10-8-6(11)3-5(4-7(8)12)9-13-1-2-14-9/h3-4,9H,1-2H2. The van der Waals surface area contributed by atoms with E-state index in [1.807, 2.05) is 0 Å². The van der Waals surface area contributed by atoms with Crippen molar-refractivity contribution >= 4 is 13.3 Å². The van der Waals surface area contributed by atoms with Gasteiger partial charge in [-0.1, -0.05) is 0 Å². The molecule has 2 nitrogen and oxygen atoms in total. The zero-order chi connectivity index (χ0) is 10.1. The predicted octanol–water partition coefficient (Wildman–Crippen LogP) is 0.804. The van der Waals surface area contributed by atoms with Crippen molar-refractivity contribution in [2.75, 3.05) is 13.2 Å². The fourth-order valence-electron chi connectivity index (χ4n) is 1.29. The summed E-state index contributed by atoms with van der Waals surface area (Å²) in [6.07, 6.45) is -0.681. The SMILES string of the molecule is [B]c1c(F)cc(C2OCCO2)cc1F. The van der Waals surface area contributed by atoms with Gasteiger partial charge in [0.2, 0.25) is 0 Å². The van der Waals surface area contributed by atoms with Crippen molar-refractivity contribution in [3.63, 3.8) is 0 Å². The summed E-state index contributed by atoms with van der Waals surface area (Å²) < 4.78 is 36.2. The number of hydrogen-bond acceptors (Lipinski definition) is 2. The average molecular weight is 196 g/mol. The van der Waals surface area contributed by atoms with Crippen LogP contribution in [0.3, 0.4) is 0 Å². The first-order valence-corrected chi connectivity index (χ1v) is 4.16. The average Bonchev–Trinajstić information content (AvgIpc) is 2.66. The Morgan fingerprint density at radius 3 is 2.14 bits per heavy atom. The number of hydrogen-bond donors (Lipinski definition) is 0. The molecule has 1 aromatic carbocycles. The maximum absolute atomic E-state index is 13.0. The second kappa shape index (κ2) is 3.67. The Bertz CT molecular complexity index is 328. The second-order valence-electron chi connectivity index (χ2n) is 2.97. The van der Waals surface area contributed by atoms with Crippen LogP contribution in [0.15, 0.2) is 12.1 Å². The molecule has 0 spiro atoms. The Kier molecular flexibility index (Phi) is 2.52. The fraction of sp³-hybridized carbons (Fsp3) is 0.333. The minimum atomic E-state index is -0.793. The lowest BCUT2D eigenvalue weighted by Gasteiger charge is -2.10. The third-order valence-corrected chi connectivity index (χ3v) is 2.00. The van der Waals surface area contributed by atoms with E-state index < -0.39 is 23.4 Å². The summed E-state index contributed by atoms with van der Waals surface area (Å²) in [5.74, 6) is -1.58. The lowest BCUT2D eigenvalue weighted by molar-refractivity contribution is -0.0444. The molecule has 1 saturated heterocycles. The third kappa shape index (κ3) is 1.65. The number of ether oxygens (including phenoxy) is 2. The quantitative estimate of drug-likeness (QED) is 0.618. The predicted molar refractivity (Wildman–Crippen MR) is 46.4 cm³/mol. The summed E-state index contributed by atoms with van der Waals surface area (Å²) in [5, 5.41) is 0. The van der Waals surface area contributed by atoms with Gasteiger partial charge in [-0.25, -0.2) is 8.78 Å². The Morgan fingerprint density at radius 1 is 1.14 bits per heavy atom. The van der Waals surface area contributed by atoms with Gasteiger partial charge in [-0.05, 0) is 17.6 Å². The van der Waals surface area contributed by atoms with Gasteiger partial charge >= 0.3 is 0 Å². The molecule has 2 rings (SSSR count). The van der Waals surface area contributed by atoms with Crippen LogP contribution in [0, 0.1) is 11.6 Å². The summed E-state index contributed by atoms with van der Waals surface area (Å²) in [7, 11) is 5.12. The highest BCUT2D eigenvalue weighted by molar-refractivity contribution is 6.32. The fourth-order valence-corrected chi connectivity index (χ4v) is 1.29. The lowest BCUT2D eigenvalue weighted by Crippen LogP contribution is -2.15. The Balaban J connectivity index is 2.34. The van der Waals surface area contributed by atoms with E-state index in [-0.39, 0.29) is 0 Å². The first-order valence-electron chi connectivity index (χ1n) is 4.16. The van der Waals surface area contributed by atoms with Gasteiger partial charge in [0, 0.05) is 5.56 Å². The molecule has 0 bridgehead atoms. The summed E-state index contributed by atoms with van der Waals surface area (Å²) >= 11 is 0. The highest BCUT2D eigenvalue weighted by Gasteiger charge is 2.20. The monoisotopic (exact) mass is 196 g/mol. The third-order valence-electron chi connectivity index (χ3n) is 2.00. The molecule has 14 heavy (non-hydrogen) atoms. The van der Waals surface area contributed by atoms with Gasteiger partial charge in [0.05, 0.1) is 13.2 Å². The molecule has 0 N–H and O–H groups in total. The van der Waals surface area contributed by atoms with Crippen molar-refractivity contribution in [2.24, 2.45) is 0 Å². The van der Waals surface area contributed by atoms with E-state index in [0.717, 1.165) is 12.1 Å². The molecular weight excluding hydrogens is 189 g/mol. The van der Waals surface area contributed by atoms with Crippen LogP contribution >= 0.6 is 0 Å². The first kappa shape index (κ1) is 9.61. The largest absolute Gasteiger partial charge is 0.346 e. The molecule has 1 aliphatic heterocycles. The molecule has 1 heterocycles. The van der Waals surface area contributed by atoms with E-state index in [9.17, 15) is 8.78 Å². The molecule has 2 radical (unpaired) electrons. The van der Waals surface area contributed by atoms with Crippen molar-refractivity contribution in [3.8, 4) is 0 Å². The maximum Gasteiger partial charge on any atom is 0.184 e. The molecule has 0 amide bonds. The molecule has 1 fully saturated rings. The van der Waals surface area contributed by atoms with E-state index in [1.54, 1.807) is 0 Å². The minimum absolute atomic E-state index is 0.312. The molecule has 0 unspecified atom stereocenters. The maximum atomic E-state index is 13.0. The zero-order valence-corrected chi connectivity index (χ0v) is 7.30. The Hall–Kier alpha value is -0.935. The van der Waals surface area contributed by atoms with Gasteiger partial charge in [-0.2, -0.15) is 0 Å². The van der Waals surface area contributed by atoms with E-state index >= 15 is 0 Å². The van der Waals surface area contributed by atoms with Crippen molar-refractivity contribution in [3.05, 3.63) is 29.3 Å². The summed E-state index contributed by atoms with van der Waals surface area (Å²) in [5.41, 5.74) is -0.168. The van der Waals surface area contributed by atoms with E-state index in [4.69, 9.17) is 17.3 Å². The summed E-state index contributed by atoms with van der Waals surface area (Å²) in [6.45, 7) is 0.858. The van der Waals surface area contributed by atoms with E-state index in [1.165, 1.54) is 0 Å². The first-order chi connectivity index (χ1) is 6.68. The van der Waals surface area contributed by atoms with Gasteiger partial charge in [0.15, 0.2) is 6.29 Å². The molecule has 0 saturated carbocycles. The van der Waals surface area contributed by atoms with Gasteiger partial charge < -0.3 is 9.47 Å². The number of halogens is 2. The van der Waals surface area contributed by atoms with Crippen LogP contribution in [0.1, 0.15) is 11.9 Å². The molecule has 0 aromatic heterocycles. The Morgan fingerprint density at radius 2 is 1.64 bits per heavy atom. The van der Waals surface area contributed by atoms with Crippen LogP contribution in [0.25, 0.3) is 0 Å². The van der Waals surface area contributed by atoms with E-state index in [2.05, 4.69) is 0 Å². The number of rotatable bonds is 1. The Labute approximate surface area is 81.2 Å². The lowest BCUT2D eigenvalue weighted by atomic mass is 9.93.